The third-order valence-electron chi connectivity index (χ3n) is 3.92. The molecular formula is C15H26ClN3O2S. The second-order valence-corrected chi connectivity index (χ2v) is 7.79. The molecule has 5 nitrogen and oxygen atoms in total. The van der Waals surface area contributed by atoms with Gasteiger partial charge in [-0.2, -0.15) is 4.31 Å². The van der Waals surface area contributed by atoms with Gasteiger partial charge in [0, 0.05) is 25.7 Å². The van der Waals surface area contributed by atoms with E-state index < -0.39 is 10.0 Å². The maximum Gasteiger partial charge on any atom is 0.243 e. The molecule has 126 valence electrons. The van der Waals surface area contributed by atoms with E-state index in [1.165, 1.54) is 0 Å². The minimum absolute atomic E-state index is 0. The van der Waals surface area contributed by atoms with Crippen molar-refractivity contribution < 1.29 is 8.42 Å². The van der Waals surface area contributed by atoms with E-state index >= 15 is 0 Å². The summed E-state index contributed by atoms with van der Waals surface area (Å²) < 4.78 is 26.8. The number of rotatable bonds is 5. The zero-order valence-corrected chi connectivity index (χ0v) is 15.1. The normalized spacial score (nSPS) is 17.5. The third kappa shape index (κ3) is 4.67. The number of halogens is 1. The summed E-state index contributed by atoms with van der Waals surface area (Å²) in [4.78, 5) is 2.46. The second kappa shape index (κ2) is 8.26. The van der Waals surface area contributed by atoms with E-state index in [2.05, 4.69) is 10.2 Å². The van der Waals surface area contributed by atoms with Gasteiger partial charge in [-0.15, -0.1) is 12.4 Å². The van der Waals surface area contributed by atoms with E-state index in [0.29, 0.717) is 24.0 Å². The second-order valence-electron chi connectivity index (χ2n) is 5.85. The van der Waals surface area contributed by atoms with E-state index in [9.17, 15) is 8.42 Å². The van der Waals surface area contributed by atoms with E-state index in [1.54, 1.807) is 16.4 Å². The highest BCUT2D eigenvalue weighted by molar-refractivity contribution is 7.89. The van der Waals surface area contributed by atoms with Gasteiger partial charge in [0.15, 0.2) is 0 Å². The molecule has 0 bridgehead atoms. The smallest absolute Gasteiger partial charge is 0.243 e. The zero-order valence-electron chi connectivity index (χ0n) is 13.4. The van der Waals surface area contributed by atoms with Gasteiger partial charge < -0.3 is 10.2 Å². The predicted molar refractivity (Wildman–Crippen MR) is 91.9 cm³/mol. The van der Waals surface area contributed by atoms with Crippen molar-refractivity contribution in [3.05, 3.63) is 29.8 Å². The van der Waals surface area contributed by atoms with Crippen molar-refractivity contribution in [1.82, 2.24) is 14.5 Å². The Morgan fingerprint density at radius 2 is 1.73 bits per heavy atom. The maximum atomic E-state index is 12.6. The van der Waals surface area contributed by atoms with Crippen LogP contribution in [0, 0.1) is 0 Å². The summed E-state index contributed by atoms with van der Waals surface area (Å²) >= 11 is 0. The van der Waals surface area contributed by atoms with Gasteiger partial charge in [0.2, 0.25) is 10.0 Å². The Hall–Kier alpha value is -0.660. The van der Waals surface area contributed by atoms with Crippen LogP contribution >= 0.6 is 12.4 Å². The molecule has 7 heteroatoms. The van der Waals surface area contributed by atoms with Crippen molar-refractivity contribution >= 4 is 22.4 Å². The molecule has 22 heavy (non-hydrogen) atoms. The highest BCUT2D eigenvalue weighted by Gasteiger charge is 2.28. The number of piperidine rings is 1. The standard InChI is InChI=1S/C15H25N3O2S.ClH/c1-16-14-8-10-18(11-9-14)21(19,20)15-6-4-13(5-7-15)12-17(2)3;/h4-7,14,16H,8-12H2,1-3H3;1H. The monoisotopic (exact) mass is 347 g/mol. The first-order valence-corrected chi connectivity index (χ1v) is 8.78. The molecule has 0 aromatic heterocycles. The highest BCUT2D eigenvalue weighted by atomic mass is 35.5. The molecule has 1 N–H and O–H groups in total. The maximum absolute atomic E-state index is 12.6. The molecule has 1 aliphatic heterocycles. The van der Waals surface area contributed by atoms with Gasteiger partial charge in [-0.3, -0.25) is 0 Å². The van der Waals surface area contributed by atoms with Crippen LogP contribution in [0.15, 0.2) is 29.2 Å². The lowest BCUT2D eigenvalue weighted by Crippen LogP contribution is -2.43. The van der Waals surface area contributed by atoms with Crippen LogP contribution in [0.5, 0.6) is 0 Å². The average Bonchev–Trinajstić information content (AvgIpc) is 2.47. The molecule has 0 saturated carbocycles. The van der Waals surface area contributed by atoms with Crippen LogP contribution in [0.25, 0.3) is 0 Å². The van der Waals surface area contributed by atoms with Crippen molar-refractivity contribution in [2.24, 2.45) is 0 Å². The first kappa shape index (κ1) is 19.4. The summed E-state index contributed by atoms with van der Waals surface area (Å²) in [5.41, 5.74) is 1.12. The Morgan fingerprint density at radius 1 is 1.18 bits per heavy atom. The SMILES string of the molecule is CNC1CCN(S(=O)(=O)c2ccc(CN(C)C)cc2)CC1.Cl. The Bertz CT molecular complexity index is 553. The lowest BCUT2D eigenvalue weighted by molar-refractivity contribution is 0.298. The van der Waals surface area contributed by atoms with Crippen LogP contribution in [-0.4, -0.2) is 57.9 Å². The van der Waals surface area contributed by atoms with Crippen LogP contribution in [-0.2, 0) is 16.6 Å². The number of hydrogen-bond acceptors (Lipinski definition) is 4. The van der Waals surface area contributed by atoms with Crippen molar-refractivity contribution in [2.45, 2.75) is 30.3 Å². The molecule has 1 fully saturated rings. The first-order chi connectivity index (χ1) is 9.93. The molecule has 1 aliphatic rings. The lowest BCUT2D eigenvalue weighted by Gasteiger charge is -2.31. The van der Waals surface area contributed by atoms with Gasteiger partial charge in [-0.25, -0.2) is 8.42 Å². The lowest BCUT2D eigenvalue weighted by atomic mass is 10.1. The Morgan fingerprint density at radius 3 is 2.18 bits per heavy atom. The molecule has 0 atom stereocenters. The van der Waals surface area contributed by atoms with Crippen LogP contribution in [0.4, 0.5) is 0 Å². The highest BCUT2D eigenvalue weighted by Crippen LogP contribution is 2.21. The fraction of sp³-hybridized carbons (Fsp3) is 0.600. The number of hydrogen-bond donors (Lipinski definition) is 1. The van der Waals surface area contributed by atoms with E-state index in [-0.39, 0.29) is 12.4 Å². The predicted octanol–water partition coefficient (Wildman–Crippen LogP) is 1.54. The molecule has 0 spiro atoms. The van der Waals surface area contributed by atoms with Gasteiger partial charge in [0.25, 0.3) is 0 Å². The number of sulfonamides is 1. The minimum atomic E-state index is -3.35. The fourth-order valence-electron chi connectivity index (χ4n) is 2.67. The average molecular weight is 348 g/mol. The molecule has 0 radical (unpaired) electrons. The van der Waals surface area contributed by atoms with Crippen LogP contribution in [0.1, 0.15) is 18.4 Å². The minimum Gasteiger partial charge on any atom is -0.317 e. The number of nitrogens with zero attached hydrogens (tertiary/aromatic N) is 2. The summed E-state index contributed by atoms with van der Waals surface area (Å²) in [7, 11) is 2.58. The zero-order chi connectivity index (χ0) is 15.5. The van der Waals surface area contributed by atoms with Crippen molar-refractivity contribution in [1.29, 1.82) is 0 Å². The van der Waals surface area contributed by atoms with Gasteiger partial charge in [-0.1, -0.05) is 12.1 Å². The van der Waals surface area contributed by atoms with E-state index in [4.69, 9.17) is 0 Å². The first-order valence-electron chi connectivity index (χ1n) is 7.34. The molecule has 2 rings (SSSR count). The van der Waals surface area contributed by atoms with Gasteiger partial charge in [-0.05, 0) is 51.7 Å². The fourth-order valence-corrected chi connectivity index (χ4v) is 4.14. The van der Waals surface area contributed by atoms with Gasteiger partial charge >= 0.3 is 0 Å². The number of benzene rings is 1. The Labute approximate surface area is 140 Å². The summed E-state index contributed by atoms with van der Waals surface area (Å²) in [6.07, 6.45) is 1.74. The topological polar surface area (TPSA) is 52.7 Å². The molecule has 0 amide bonds. The third-order valence-corrected chi connectivity index (χ3v) is 5.83. The van der Waals surface area contributed by atoms with Gasteiger partial charge in [0.05, 0.1) is 4.90 Å². The quantitative estimate of drug-likeness (QED) is 0.878. The van der Waals surface area contributed by atoms with Crippen molar-refractivity contribution in [3.63, 3.8) is 0 Å². The van der Waals surface area contributed by atoms with Crippen molar-refractivity contribution in [2.75, 3.05) is 34.2 Å². The molecule has 1 heterocycles. The van der Waals surface area contributed by atoms with E-state index in [1.807, 2.05) is 33.3 Å². The summed E-state index contributed by atoms with van der Waals surface area (Å²) in [6, 6.07) is 7.66. The molecular weight excluding hydrogens is 322 g/mol. The molecule has 0 unspecified atom stereocenters. The van der Waals surface area contributed by atoms with Crippen molar-refractivity contribution in [3.8, 4) is 0 Å². The van der Waals surface area contributed by atoms with E-state index in [0.717, 1.165) is 24.9 Å². The van der Waals surface area contributed by atoms with Crippen LogP contribution in [0.2, 0.25) is 0 Å². The molecule has 1 saturated heterocycles. The Balaban J connectivity index is 0.00000242. The van der Waals surface area contributed by atoms with Crippen LogP contribution < -0.4 is 5.32 Å². The number of nitrogens with one attached hydrogen (secondary N) is 1. The Kier molecular flexibility index (Phi) is 7.28. The summed E-state index contributed by atoms with van der Waals surface area (Å²) in [5, 5.41) is 3.22. The molecule has 0 aliphatic carbocycles. The van der Waals surface area contributed by atoms with Crippen LogP contribution in [0.3, 0.4) is 0 Å². The largest absolute Gasteiger partial charge is 0.317 e. The summed E-state index contributed by atoms with van der Waals surface area (Å²) in [6.45, 7) is 1.99. The summed E-state index contributed by atoms with van der Waals surface area (Å²) in [5.74, 6) is 0. The molecule has 1 aromatic carbocycles. The molecule has 1 aromatic rings. The van der Waals surface area contributed by atoms with Gasteiger partial charge in [0.1, 0.15) is 0 Å².